The van der Waals surface area contributed by atoms with E-state index in [1.165, 1.54) is 17.5 Å². The minimum Gasteiger partial charge on any atom is -0.342 e. The zero-order chi connectivity index (χ0) is 17.1. The summed E-state index contributed by atoms with van der Waals surface area (Å²) >= 11 is 0. The Morgan fingerprint density at radius 2 is 1.60 bits per heavy atom. The Morgan fingerprint density at radius 3 is 2.24 bits per heavy atom. The first-order valence-electron chi connectivity index (χ1n) is 9.37. The van der Waals surface area contributed by atoms with Gasteiger partial charge >= 0.3 is 0 Å². The van der Waals surface area contributed by atoms with E-state index in [0.29, 0.717) is 11.8 Å². The summed E-state index contributed by atoms with van der Waals surface area (Å²) < 4.78 is 0. The van der Waals surface area contributed by atoms with Crippen molar-refractivity contribution in [3.63, 3.8) is 0 Å². The number of rotatable bonds is 3. The third-order valence-electron chi connectivity index (χ3n) is 5.93. The number of hydrogen-bond donors (Lipinski definition) is 1. The molecule has 1 amide bonds. The molecule has 0 radical (unpaired) electrons. The van der Waals surface area contributed by atoms with Crippen LogP contribution in [0.1, 0.15) is 24.8 Å². The molecule has 2 aliphatic heterocycles. The number of hydrogen-bond acceptors (Lipinski definition) is 2. The van der Waals surface area contributed by atoms with Crippen molar-refractivity contribution in [3.05, 3.63) is 60.2 Å². The van der Waals surface area contributed by atoms with Crippen LogP contribution in [0.5, 0.6) is 0 Å². The van der Waals surface area contributed by atoms with Crippen LogP contribution in [0.4, 0.5) is 0 Å². The molecule has 3 heteroatoms. The summed E-state index contributed by atoms with van der Waals surface area (Å²) in [6.45, 7) is 4.11. The molecule has 0 saturated carbocycles. The van der Waals surface area contributed by atoms with Crippen LogP contribution in [-0.2, 0) is 11.2 Å². The van der Waals surface area contributed by atoms with E-state index >= 15 is 0 Å². The van der Waals surface area contributed by atoms with Crippen molar-refractivity contribution < 1.29 is 4.79 Å². The molecule has 0 bridgehead atoms. The van der Waals surface area contributed by atoms with E-state index in [-0.39, 0.29) is 5.91 Å². The minimum absolute atomic E-state index is 0.272. The number of benzene rings is 2. The van der Waals surface area contributed by atoms with Gasteiger partial charge in [-0.15, -0.1) is 0 Å². The monoisotopic (exact) mass is 334 g/mol. The van der Waals surface area contributed by atoms with Crippen molar-refractivity contribution in [1.29, 1.82) is 0 Å². The smallest absolute Gasteiger partial charge is 0.226 e. The molecule has 0 aliphatic carbocycles. The Morgan fingerprint density at radius 1 is 0.920 bits per heavy atom. The van der Waals surface area contributed by atoms with Crippen molar-refractivity contribution in [3.8, 4) is 11.1 Å². The van der Waals surface area contributed by atoms with Crippen molar-refractivity contribution in [1.82, 2.24) is 10.2 Å². The predicted octanol–water partition coefficient (Wildman–Crippen LogP) is 3.50. The van der Waals surface area contributed by atoms with Gasteiger partial charge in [0.15, 0.2) is 0 Å². The van der Waals surface area contributed by atoms with E-state index in [0.717, 1.165) is 44.6 Å². The Kier molecular flexibility index (Phi) is 4.58. The van der Waals surface area contributed by atoms with Crippen LogP contribution >= 0.6 is 0 Å². The number of nitrogens with zero attached hydrogens (tertiary/aromatic N) is 1. The Labute approximate surface area is 150 Å². The van der Waals surface area contributed by atoms with Crippen LogP contribution in [0.15, 0.2) is 54.6 Å². The summed E-state index contributed by atoms with van der Waals surface area (Å²) in [4.78, 5) is 14.7. The first kappa shape index (κ1) is 16.3. The first-order chi connectivity index (χ1) is 12.2. The van der Waals surface area contributed by atoms with Gasteiger partial charge in [0.1, 0.15) is 0 Å². The van der Waals surface area contributed by atoms with Gasteiger partial charge in [0.25, 0.3) is 0 Å². The second-order valence-electron chi connectivity index (χ2n) is 7.55. The van der Waals surface area contributed by atoms with E-state index < -0.39 is 0 Å². The Hall–Kier alpha value is -2.13. The summed E-state index contributed by atoms with van der Waals surface area (Å²) in [5, 5.41) is 3.48. The second kappa shape index (κ2) is 7.01. The standard InChI is InChI=1S/C22H26N2O/c25-21(24-14-11-22(12-15-24)10-13-23-17-22)16-18-6-8-20(9-7-18)19-4-2-1-3-5-19/h1-9,23H,10-17H2. The van der Waals surface area contributed by atoms with Crippen LogP contribution in [0.3, 0.4) is 0 Å². The SMILES string of the molecule is O=C(Cc1ccc(-c2ccccc2)cc1)N1CCC2(CCNC2)CC1. The number of carbonyl (C=O) groups is 1. The van der Waals surface area contributed by atoms with E-state index in [4.69, 9.17) is 0 Å². The van der Waals surface area contributed by atoms with Gasteiger partial charge in [0.05, 0.1) is 6.42 Å². The van der Waals surface area contributed by atoms with Gasteiger partial charge in [-0.25, -0.2) is 0 Å². The fraction of sp³-hybridized carbons (Fsp3) is 0.409. The molecule has 25 heavy (non-hydrogen) atoms. The third-order valence-corrected chi connectivity index (χ3v) is 5.93. The summed E-state index contributed by atoms with van der Waals surface area (Å²) in [5.41, 5.74) is 3.98. The van der Waals surface area contributed by atoms with Crippen LogP contribution < -0.4 is 5.32 Å². The van der Waals surface area contributed by atoms with Crippen molar-refractivity contribution in [2.45, 2.75) is 25.7 Å². The van der Waals surface area contributed by atoms with Crippen LogP contribution in [-0.4, -0.2) is 37.0 Å². The molecule has 2 aromatic rings. The van der Waals surface area contributed by atoms with E-state index in [1.54, 1.807) is 0 Å². The number of amides is 1. The zero-order valence-corrected chi connectivity index (χ0v) is 14.7. The van der Waals surface area contributed by atoms with E-state index in [9.17, 15) is 4.79 Å². The maximum atomic E-state index is 12.6. The minimum atomic E-state index is 0.272. The molecule has 2 aromatic carbocycles. The average Bonchev–Trinajstić information content (AvgIpc) is 3.11. The molecule has 1 N–H and O–H groups in total. The maximum absolute atomic E-state index is 12.6. The van der Waals surface area contributed by atoms with Gasteiger partial charge in [-0.1, -0.05) is 54.6 Å². The van der Waals surface area contributed by atoms with E-state index in [2.05, 4.69) is 58.7 Å². The Bertz CT molecular complexity index is 707. The largest absolute Gasteiger partial charge is 0.342 e. The van der Waals surface area contributed by atoms with Crippen molar-refractivity contribution in [2.75, 3.05) is 26.2 Å². The van der Waals surface area contributed by atoms with Crippen LogP contribution in [0.2, 0.25) is 0 Å². The maximum Gasteiger partial charge on any atom is 0.226 e. The lowest BCUT2D eigenvalue weighted by Crippen LogP contribution is -2.44. The van der Waals surface area contributed by atoms with Gasteiger partial charge in [-0.05, 0) is 47.9 Å². The molecule has 0 atom stereocenters. The molecule has 4 rings (SSSR count). The van der Waals surface area contributed by atoms with Gasteiger partial charge in [0, 0.05) is 19.6 Å². The van der Waals surface area contributed by atoms with Gasteiger partial charge in [-0.2, -0.15) is 0 Å². The molecular formula is C22H26N2O. The fourth-order valence-corrected chi connectivity index (χ4v) is 4.18. The molecule has 2 fully saturated rings. The molecule has 2 heterocycles. The summed E-state index contributed by atoms with van der Waals surface area (Å²) in [6.07, 6.45) is 4.09. The zero-order valence-electron chi connectivity index (χ0n) is 14.7. The first-order valence-corrected chi connectivity index (χ1v) is 9.37. The molecule has 0 aromatic heterocycles. The Balaban J connectivity index is 1.35. The summed E-state index contributed by atoms with van der Waals surface area (Å²) in [5.74, 6) is 0.272. The molecule has 130 valence electrons. The van der Waals surface area contributed by atoms with Gasteiger partial charge in [-0.3, -0.25) is 4.79 Å². The topological polar surface area (TPSA) is 32.3 Å². The normalized spacial score (nSPS) is 19.3. The fourth-order valence-electron chi connectivity index (χ4n) is 4.18. The molecule has 3 nitrogen and oxygen atoms in total. The van der Waals surface area contributed by atoms with E-state index in [1.807, 2.05) is 6.07 Å². The molecule has 0 unspecified atom stereocenters. The lowest BCUT2D eigenvalue weighted by Gasteiger charge is -2.39. The lowest BCUT2D eigenvalue weighted by molar-refractivity contribution is -0.132. The van der Waals surface area contributed by atoms with Gasteiger partial charge in [0.2, 0.25) is 5.91 Å². The second-order valence-corrected chi connectivity index (χ2v) is 7.55. The molecule has 2 saturated heterocycles. The highest BCUT2D eigenvalue weighted by Gasteiger charge is 2.37. The van der Waals surface area contributed by atoms with Crippen LogP contribution in [0, 0.1) is 5.41 Å². The highest BCUT2D eigenvalue weighted by atomic mass is 16.2. The average molecular weight is 334 g/mol. The quantitative estimate of drug-likeness (QED) is 0.932. The summed E-state index contributed by atoms with van der Waals surface area (Å²) in [7, 11) is 0. The van der Waals surface area contributed by atoms with Crippen LogP contribution in [0.25, 0.3) is 11.1 Å². The predicted molar refractivity (Wildman–Crippen MR) is 101 cm³/mol. The van der Waals surface area contributed by atoms with Gasteiger partial charge < -0.3 is 10.2 Å². The highest BCUT2D eigenvalue weighted by molar-refractivity contribution is 5.79. The highest BCUT2D eigenvalue weighted by Crippen LogP contribution is 2.37. The number of piperidine rings is 1. The molecule has 2 aliphatic rings. The third kappa shape index (κ3) is 3.62. The molecule has 1 spiro atoms. The summed E-state index contributed by atoms with van der Waals surface area (Å²) in [6, 6.07) is 18.8. The molecular weight excluding hydrogens is 308 g/mol. The number of nitrogens with one attached hydrogen (secondary N) is 1. The lowest BCUT2D eigenvalue weighted by atomic mass is 9.78. The number of carbonyl (C=O) groups excluding carboxylic acids is 1. The number of likely N-dealkylation sites (tertiary alicyclic amines) is 1. The van der Waals surface area contributed by atoms with Crippen molar-refractivity contribution >= 4 is 5.91 Å². The van der Waals surface area contributed by atoms with Crippen molar-refractivity contribution in [2.24, 2.45) is 5.41 Å².